The molecule has 0 aliphatic carbocycles. The summed E-state index contributed by atoms with van der Waals surface area (Å²) < 4.78 is 37.1. The van der Waals surface area contributed by atoms with E-state index in [2.05, 4.69) is 0 Å². The molecule has 1 saturated heterocycles. The summed E-state index contributed by atoms with van der Waals surface area (Å²) in [5, 5.41) is 0. The van der Waals surface area contributed by atoms with E-state index >= 15 is 0 Å². The standard InChI is InChI=1S/C14H17ClFNO3S/c1-8-4-10(3)17(7-8)14(18)11-6-13(21(15,19)20)9(2)5-12(11)16/h5-6,8,10H,4,7H2,1-3H3. The first kappa shape index (κ1) is 16.2. The van der Waals surface area contributed by atoms with Crippen molar-refractivity contribution in [1.82, 2.24) is 4.90 Å². The number of carbonyl (C=O) groups excluding carboxylic acids is 1. The van der Waals surface area contributed by atoms with E-state index in [9.17, 15) is 17.6 Å². The quantitative estimate of drug-likeness (QED) is 0.782. The van der Waals surface area contributed by atoms with Gasteiger partial charge in [-0.25, -0.2) is 12.8 Å². The zero-order valence-corrected chi connectivity index (χ0v) is 13.6. The zero-order chi connectivity index (χ0) is 15.9. The van der Waals surface area contributed by atoms with Crippen LogP contribution in [0.4, 0.5) is 4.39 Å². The summed E-state index contributed by atoms with van der Waals surface area (Å²) in [6.45, 7) is 5.89. The number of halogens is 2. The lowest BCUT2D eigenvalue weighted by Gasteiger charge is -2.22. The largest absolute Gasteiger partial charge is 0.336 e. The van der Waals surface area contributed by atoms with Crippen molar-refractivity contribution in [2.45, 2.75) is 38.1 Å². The van der Waals surface area contributed by atoms with Crippen LogP contribution in [0.5, 0.6) is 0 Å². The molecule has 0 bridgehead atoms. The third-order valence-electron chi connectivity index (χ3n) is 3.80. The number of nitrogens with zero attached hydrogens (tertiary/aromatic N) is 1. The Morgan fingerprint density at radius 1 is 1.38 bits per heavy atom. The fourth-order valence-corrected chi connectivity index (χ4v) is 4.02. The minimum absolute atomic E-state index is 0.00395. The molecular weight excluding hydrogens is 317 g/mol. The number of amides is 1. The molecule has 116 valence electrons. The first-order valence-electron chi connectivity index (χ1n) is 6.67. The smallest absolute Gasteiger partial charge is 0.261 e. The minimum Gasteiger partial charge on any atom is -0.336 e. The van der Waals surface area contributed by atoms with Crippen molar-refractivity contribution >= 4 is 25.6 Å². The molecule has 21 heavy (non-hydrogen) atoms. The Hall–Kier alpha value is -1.14. The summed E-state index contributed by atoms with van der Waals surface area (Å²) >= 11 is 0. The molecule has 0 spiro atoms. The highest BCUT2D eigenvalue weighted by Gasteiger charge is 2.32. The molecule has 2 rings (SSSR count). The van der Waals surface area contributed by atoms with Gasteiger partial charge < -0.3 is 4.90 Å². The fraction of sp³-hybridized carbons (Fsp3) is 0.500. The maximum absolute atomic E-state index is 14.1. The Bertz CT molecular complexity index is 690. The maximum atomic E-state index is 14.1. The average molecular weight is 334 g/mol. The van der Waals surface area contributed by atoms with E-state index < -0.39 is 20.8 Å². The number of carbonyl (C=O) groups is 1. The molecule has 1 aliphatic rings. The summed E-state index contributed by atoms with van der Waals surface area (Å²) in [7, 11) is 1.31. The number of aryl methyl sites for hydroxylation is 1. The van der Waals surface area contributed by atoms with Gasteiger partial charge in [0, 0.05) is 23.3 Å². The van der Waals surface area contributed by atoms with Gasteiger partial charge in [0.25, 0.3) is 15.0 Å². The van der Waals surface area contributed by atoms with Crippen LogP contribution >= 0.6 is 10.7 Å². The Morgan fingerprint density at radius 3 is 2.48 bits per heavy atom. The second-order valence-corrected chi connectivity index (χ2v) is 8.22. The molecule has 2 unspecified atom stereocenters. The molecule has 1 amide bonds. The predicted octanol–water partition coefficient (Wildman–Crippen LogP) is 2.93. The van der Waals surface area contributed by atoms with E-state index in [-0.39, 0.29) is 22.1 Å². The second-order valence-electron chi connectivity index (χ2n) is 5.68. The summed E-state index contributed by atoms with van der Waals surface area (Å²) in [4.78, 5) is 13.8. The first-order valence-corrected chi connectivity index (χ1v) is 8.98. The van der Waals surface area contributed by atoms with Gasteiger partial charge in [-0.1, -0.05) is 6.92 Å². The lowest BCUT2D eigenvalue weighted by Crippen LogP contribution is -2.34. The normalized spacial score (nSPS) is 22.6. The van der Waals surface area contributed by atoms with Gasteiger partial charge in [0.15, 0.2) is 0 Å². The molecule has 1 aromatic carbocycles. The van der Waals surface area contributed by atoms with Gasteiger partial charge >= 0.3 is 0 Å². The highest BCUT2D eigenvalue weighted by atomic mass is 35.7. The number of likely N-dealkylation sites (tertiary alicyclic amines) is 1. The van der Waals surface area contributed by atoms with Crippen molar-refractivity contribution in [2.24, 2.45) is 5.92 Å². The maximum Gasteiger partial charge on any atom is 0.261 e. The van der Waals surface area contributed by atoms with E-state index in [0.717, 1.165) is 18.6 Å². The number of hydrogen-bond acceptors (Lipinski definition) is 3. The van der Waals surface area contributed by atoms with Crippen molar-refractivity contribution < 1.29 is 17.6 Å². The molecular formula is C14H17ClFNO3S. The molecule has 1 aromatic rings. The zero-order valence-electron chi connectivity index (χ0n) is 12.1. The monoisotopic (exact) mass is 333 g/mol. The molecule has 2 atom stereocenters. The highest BCUT2D eigenvalue weighted by Crippen LogP contribution is 2.28. The van der Waals surface area contributed by atoms with E-state index in [1.54, 1.807) is 4.90 Å². The Morgan fingerprint density at radius 2 is 2.00 bits per heavy atom. The van der Waals surface area contributed by atoms with Gasteiger partial charge in [0.2, 0.25) is 0 Å². The van der Waals surface area contributed by atoms with E-state index in [4.69, 9.17) is 10.7 Å². The third kappa shape index (κ3) is 3.21. The minimum atomic E-state index is -4.02. The molecule has 0 aromatic heterocycles. The van der Waals surface area contributed by atoms with Gasteiger partial charge in [0.05, 0.1) is 10.5 Å². The SMILES string of the molecule is Cc1cc(F)c(C(=O)N2CC(C)CC2C)cc1S(=O)(=O)Cl. The van der Waals surface area contributed by atoms with Crippen LogP contribution in [0.1, 0.15) is 36.2 Å². The topological polar surface area (TPSA) is 54.5 Å². The molecule has 0 radical (unpaired) electrons. The summed E-state index contributed by atoms with van der Waals surface area (Å²) in [5.74, 6) is -0.882. The highest BCUT2D eigenvalue weighted by molar-refractivity contribution is 8.13. The van der Waals surface area contributed by atoms with E-state index in [1.807, 2.05) is 13.8 Å². The van der Waals surface area contributed by atoms with Crippen LogP contribution in [0.3, 0.4) is 0 Å². The number of hydrogen-bond donors (Lipinski definition) is 0. The summed E-state index contributed by atoms with van der Waals surface area (Å²) in [6, 6.07) is 2.07. The molecule has 1 fully saturated rings. The van der Waals surface area contributed by atoms with Crippen LogP contribution in [0.15, 0.2) is 17.0 Å². The van der Waals surface area contributed by atoms with Crippen LogP contribution in [0.2, 0.25) is 0 Å². The van der Waals surface area contributed by atoms with Crippen LogP contribution in [0.25, 0.3) is 0 Å². The number of rotatable bonds is 2. The van der Waals surface area contributed by atoms with Crippen LogP contribution in [-0.4, -0.2) is 31.8 Å². The van der Waals surface area contributed by atoms with Crippen LogP contribution in [0, 0.1) is 18.7 Å². The van der Waals surface area contributed by atoms with E-state index in [0.29, 0.717) is 12.5 Å². The molecule has 4 nitrogen and oxygen atoms in total. The average Bonchev–Trinajstić information content (AvgIpc) is 2.66. The van der Waals surface area contributed by atoms with Gasteiger partial charge in [-0.3, -0.25) is 4.79 Å². The number of benzene rings is 1. The van der Waals surface area contributed by atoms with Gasteiger partial charge in [-0.05, 0) is 43.9 Å². The van der Waals surface area contributed by atoms with Crippen molar-refractivity contribution in [1.29, 1.82) is 0 Å². The first-order chi connectivity index (χ1) is 9.61. The lowest BCUT2D eigenvalue weighted by atomic mass is 10.1. The molecule has 1 heterocycles. The van der Waals surface area contributed by atoms with Gasteiger partial charge in [-0.2, -0.15) is 0 Å². The predicted molar refractivity (Wildman–Crippen MR) is 78.5 cm³/mol. The fourth-order valence-electron chi connectivity index (χ4n) is 2.82. The van der Waals surface area contributed by atoms with Crippen LogP contribution < -0.4 is 0 Å². The van der Waals surface area contributed by atoms with Crippen molar-refractivity contribution in [3.63, 3.8) is 0 Å². The Labute approximate surface area is 128 Å². The summed E-state index contributed by atoms with van der Waals surface area (Å²) in [6.07, 6.45) is 0.847. The van der Waals surface area contributed by atoms with Gasteiger partial charge in [-0.15, -0.1) is 0 Å². The van der Waals surface area contributed by atoms with Crippen molar-refractivity contribution in [2.75, 3.05) is 6.54 Å². The molecule has 1 aliphatic heterocycles. The van der Waals surface area contributed by atoms with Crippen molar-refractivity contribution in [3.05, 3.63) is 29.1 Å². The third-order valence-corrected chi connectivity index (χ3v) is 5.27. The molecule has 7 heteroatoms. The molecule has 0 N–H and O–H groups in total. The Balaban J connectivity index is 2.47. The lowest BCUT2D eigenvalue weighted by molar-refractivity contribution is 0.0738. The Kier molecular flexibility index (Phi) is 4.31. The van der Waals surface area contributed by atoms with Crippen LogP contribution in [-0.2, 0) is 9.05 Å². The second kappa shape index (κ2) is 5.57. The molecule has 0 saturated carbocycles. The van der Waals surface area contributed by atoms with E-state index in [1.165, 1.54) is 6.92 Å². The van der Waals surface area contributed by atoms with Gasteiger partial charge in [0.1, 0.15) is 5.82 Å². The summed E-state index contributed by atoms with van der Waals surface area (Å²) in [5.41, 5.74) is -0.0670. The van der Waals surface area contributed by atoms with Crippen molar-refractivity contribution in [3.8, 4) is 0 Å².